The fourth-order valence-electron chi connectivity index (χ4n) is 3.02. The van der Waals surface area contributed by atoms with Gasteiger partial charge in [0.05, 0.1) is 5.52 Å². The van der Waals surface area contributed by atoms with Crippen LogP contribution >= 0.6 is 0 Å². The number of fused-ring (bicyclic) bond motifs is 1. The van der Waals surface area contributed by atoms with Crippen LogP contribution in [0.15, 0.2) is 27.4 Å². The summed E-state index contributed by atoms with van der Waals surface area (Å²) in [7, 11) is 0. The summed E-state index contributed by atoms with van der Waals surface area (Å²) in [6, 6.07) is 4.94. The lowest BCUT2D eigenvalue weighted by Gasteiger charge is -2.31. The highest BCUT2D eigenvalue weighted by atomic mass is 16.4. The molecule has 0 saturated carbocycles. The molecule has 3 rings (SSSR count). The number of ketones is 1. The number of benzene rings is 1. The molecule has 1 aliphatic heterocycles. The molecule has 0 bridgehead atoms. The minimum Gasteiger partial charge on any atom is -0.408 e. The van der Waals surface area contributed by atoms with Gasteiger partial charge in [-0.1, -0.05) is 6.92 Å². The van der Waals surface area contributed by atoms with Crippen molar-refractivity contribution < 1.29 is 14.0 Å². The second kappa shape index (κ2) is 6.90. The van der Waals surface area contributed by atoms with Crippen LogP contribution in [-0.4, -0.2) is 41.3 Å². The van der Waals surface area contributed by atoms with Crippen molar-refractivity contribution in [2.45, 2.75) is 26.2 Å². The highest BCUT2D eigenvalue weighted by Gasteiger charge is 2.28. The largest absolute Gasteiger partial charge is 0.417 e. The first-order valence-corrected chi connectivity index (χ1v) is 8.28. The third-order valence-corrected chi connectivity index (χ3v) is 4.38. The first kappa shape index (κ1) is 16.3. The number of aromatic nitrogens is 1. The summed E-state index contributed by atoms with van der Waals surface area (Å²) < 4.78 is 5.01. The number of aromatic amines is 1. The first-order chi connectivity index (χ1) is 11.6. The molecule has 0 unspecified atom stereocenters. The Hall–Kier alpha value is -2.57. The number of piperidine rings is 1. The number of likely N-dealkylation sites (tertiary alicyclic amines) is 1. The number of rotatable bonds is 4. The molecule has 1 aromatic heterocycles. The average Bonchev–Trinajstić information content (AvgIpc) is 2.98. The van der Waals surface area contributed by atoms with Gasteiger partial charge >= 0.3 is 11.8 Å². The molecule has 7 nitrogen and oxygen atoms in total. The predicted octanol–water partition coefficient (Wildman–Crippen LogP) is 2.14. The molecule has 2 heterocycles. The van der Waals surface area contributed by atoms with Gasteiger partial charge < -0.3 is 14.6 Å². The molecule has 2 N–H and O–H groups in total. The van der Waals surface area contributed by atoms with Crippen molar-refractivity contribution in [3.05, 3.63) is 34.3 Å². The SMILES string of the molecule is CCCNC(=O)N1CCC(C(=O)c2ccc3[nH]c(=O)oc3c2)CC1. The molecule has 1 aromatic carbocycles. The molecule has 24 heavy (non-hydrogen) atoms. The Labute approximate surface area is 139 Å². The van der Waals surface area contributed by atoms with Gasteiger partial charge in [-0.05, 0) is 37.5 Å². The molecule has 2 amide bonds. The lowest BCUT2D eigenvalue weighted by atomic mass is 9.89. The third-order valence-electron chi connectivity index (χ3n) is 4.38. The minimum absolute atomic E-state index is 0.0364. The fraction of sp³-hybridized carbons (Fsp3) is 0.471. The third kappa shape index (κ3) is 3.34. The Balaban J connectivity index is 1.63. The van der Waals surface area contributed by atoms with Gasteiger partial charge in [-0.2, -0.15) is 0 Å². The van der Waals surface area contributed by atoms with E-state index in [0.717, 1.165) is 6.42 Å². The number of urea groups is 1. The summed E-state index contributed by atoms with van der Waals surface area (Å²) in [5.41, 5.74) is 1.51. The van der Waals surface area contributed by atoms with E-state index in [0.29, 0.717) is 49.1 Å². The Morgan fingerprint density at radius 2 is 2.08 bits per heavy atom. The van der Waals surface area contributed by atoms with Gasteiger partial charge in [0, 0.05) is 31.1 Å². The maximum Gasteiger partial charge on any atom is 0.417 e. The Morgan fingerprint density at radius 1 is 1.33 bits per heavy atom. The van der Waals surface area contributed by atoms with Crippen molar-refractivity contribution in [2.75, 3.05) is 19.6 Å². The summed E-state index contributed by atoms with van der Waals surface area (Å²) in [5, 5.41) is 2.86. The van der Waals surface area contributed by atoms with Crippen molar-refractivity contribution in [3.8, 4) is 0 Å². The molecule has 128 valence electrons. The number of oxazole rings is 1. The fourth-order valence-corrected chi connectivity index (χ4v) is 3.02. The number of carbonyl (C=O) groups excluding carboxylic acids is 2. The van der Waals surface area contributed by atoms with Gasteiger partial charge in [0.15, 0.2) is 11.4 Å². The monoisotopic (exact) mass is 331 g/mol. The second-order valence-corrected chi connectivity index (χ2v) is 6.08. The molecule has 7 heteroatoms. The highest BCUT2D eigenvalue weighted by Crippen LogP contribution is 2.23. The maximum absolute atomic E-state index is 12.6. The van der Waals surface area contributed by atoms with Crippen LogP contribution in [0.4, 0.5) is 4.79 Å². The number of Topliss-reactive ketones (excluding diaryl/α,β-unsaturated/α-hetero) is 1. The van der Waals surface area contributed by atoms with E-state index in [9.17, 15) is 14.4 Å². The number of nitrogens with zero attached hydrogens (tertiary/aromatic N) is 1. The molecular weight excluding hydrogens is 310 g/mol. The quantitative estimate of drug-likeness (QED) is 0.839. The zero-order valence-corrected chi connectivity index (χ0v) is 13.6. The van der Waals surface area contributed by atoms with Crippen LogP contribution in [0.2, 0.25) is 0 Å². The molecule has 0 radical (unpaired) electrons. The molecule has 1 saturated heterocycles. The van der Waals surface area contributed by atoms with E-state index < -0.39 is 5.76 Å². The molecule has 0 spiro atoms. The van der Waals surface area contributed by atoms with Crippen molar-refractivity contribution >= 4 is 22.9 Å². The van der Waals surface area contributed by atoms with Crippen molar-refractivity contribution in [1.82, 2.24) is 15.2 Å². The van der Waals surface area contributed by atoms with E-state index in [-0.39, 0.29) is 17.7 Å². The van der Waals surface area contributed by atoms with Gasteiger partial charge in [-0.25, -0.2) is 9.59 Å². The molecule has 1 fully saturated rings. The van der Waals surface area contributed by atoms with Crippen LogP contribution in [0.25, 0.3) is 11.1 Å². The number of amides is 2. The van der Waals surface area contributed by atoms with E-state index in [1.54, 1.807) is 23.1 Å². The molecule has 0 atom stereocenters. The van der Waals surface area contributed by atoms with Gasteiger partial charge in [-0.15, -0.1) is 0 Å². The van der Waals surface area contributed by atoms with E-state index >= 15 is 0 Å². The maximum atomic E-state index is 12.6. The first-order valence-electron chi connectivity index (χ1n) is 8.28. The van der Waals surface area contributed by atoms with Crippen LogP contribution in [0, 0.1) is 5.92 Å². The van der Waals surface area contributed by atoms with Gasteiger partial charge in [0.1, 0.15) is 0 Å². The predicted molar refractivity (Wildman–Crippen MR) is 89.2 cm³/mol. The molecule has 2 aromatic rings. The van der Waals surface area contributed by atoms with Crippen LogP contribution < -0.4 is 11.1 Å². The Bertz CT molecular complexity index is 800. The van der Waals surface area contributed by atoms with Gasteiger partial charge in [-0.3, -0.25) is 9.78 Å². The zero-order chi connectivity index (χ0) is 17.1. The van der Waals surface area contributed by atoms with E-state index in [1.807, 2.05) is 6.92 Å². The number of hydrogen-bond acceptors (Lipinski definition) is 4. The highest BCUT2D eigenvalue weighted by molar-refractivity contribution is 6.00. The molecular formula is C17H21N3O4. The lowest BCUT2D eigenvalue weighted by Crippen LogP contribution is -2.45. The topological polar surface area (TPSA) is 95.4 Å². The number of carbonyl (C=O) groups is 2. The van der Waals surface area contributed by atoms with Crippen LogP contribution in [0.5, 0.6) is 0 Å². The standard InChI is InChI=1S/C17H21N3O4/c1-2-7-18-16(22)20-8-5-11(6-9-20)15(21)12-3-4-13-14(10-12)24-17(23)19-13/h3-4,10-11H,2,5-9H2,1H3,(H,18,22)(H,19,23). The summed E-state index contributed by atoms with van der Waals surface area (Å²) in [5.74, 6) is -0.598. The van der Waals surface area contributed by atoms with Crippen LogP contribution in [0.1, 0.15) is 36.5 Å². The van der Waals surface area contributed by atoms with Crippen molar-refractivity contribution in [3.63, 3.8) is 0 Å². The lowest BCUT2D eigenvalue weighted by molar-refractivity contribution is 0.0854. The van der Waals surface area contributed by atoms with Crippen molar-refractivity contribution in [1.29, 1.82) is 0 Å². The van der Waals surface area contributed by atoms with Crippen molar-refractivity contribution in [2.24, 2.45) is 5.92 Å². The summed E-state index contributed by atoms with van der Waals surface area (Å²) in [6.07, 6.45) is 2.19. The summed E-state index contributed by atoms with van der Waals surface area (Å²) in [6.45, 7) is 3.83. The van der Waals surface area contributed by atoms with E-state index in [2.05, 4.69) is 10.3 Å². The Morgan fingerprint density at radius 3 is 2.79 bits per heavy atom. The van der Waals surface area contributed by atoms with E-state index in [4.69, 9.17) is 4.42 Å². The molecule has 0 aliphatic carbocycles. The number of hydrogen-bond donors (Lipinski definition) is 2. The normalized spacial score (nSPS) is 15.6. The van der Waals surface area contributed by atoms with Crippen LogP contribution in [0.3, 0.4) is 0 Å². The average molecular weight is 331 g/mol. The van der Waals surface area contributed by atoms with E-state index in [1.165, 1.54) is 0 Å². The Kier molecular flexibility index (Phi) is 4.69. The van der Waals surface area contributed by atoms with Crippen LogP contribution in [-0.2, 0) is 0 Å². The smallest absolute Gasteiger partial charge is 0.408 e. The number of H-pyrrole nitrogens is 1. The number of nitrogens with one attached hydrogen (secondary N) is 2. The van der Waals surface area contributed by atoms with Gasteiger partial charge in [0.25, 0.3) is 0 Å². The minimum atomic E-state index is -0.527. The summed E-state index contributed by atoms with van der Waals surface area (Å²) in [4.78, 5) is 40.1. The summed E-state index contributed by atoms with van der Waals surface area (Å²) >= 11 is 0. The molecule has 1 aliphatic rings. The second-order valence-electron chi connectivity index (χ2n) is 6.08. The van der Waals surface area contributed by atoms with Gasteiger partial charge in [0.2, 0.25) is 0 Å². The zero-order valence-electron chi connectivity index (χ0n) is 13.6.